The zero-order valence-corrected chi connectivity index (χ0v) is 11.4. The molecule has 0 aliphatic rings. The Hall–Kier alpha value is -1.34. The van der Waals surface area contributed by atoms with Crippen molar-refractivity contribution in [2.75, 3.05) is 0 Å². The van der Waals surface area contributed by atoms with Crippen LogP contribution in [0.15, 0.2) is 34.1 Å². The third kappa shape index (κ3) is 4.36. The van der Waals surface area contributed by atoms with Gasteiger partial charge in [0.15, 0.2) is 5.76 Å². The first-order valence-electron chi connectivity index (χ1n) is 5.44. The molecule has 2 heterocycles. The van der Waals surface area contributed by atoms with Crippen LogP contribution in [0.1, 0.15) is 21.2 Å². The minimum absolute atomic E-state index is 0.0515. The molecule has 0 fully saturated rings. The summed E-state index contributed by atoms with van der Waals surface area (Å²) in [6.07, 6.45) is 0. The van der Waals surface area contributed by atoms with E-state index in [-0.39, 0.29) is 17.4 Å². The highest BCUT2D eigenvalue weighted by Crippen LogP contribution is 2.21. The highest BCUT2D eigenvalue weighted by atomic mass is 32.2. The highest BCUT2D eigenvalue weighted by molar-refractivity contribution is 7.98. The Labute approximate surface area is 117 Å². The minimum Gasteiger partial charge on any atom is -0.455 e. The summed E-state index contributed by atoms with van der Waals surface area (Å²) < 4.78 is 29.2. The second kappa shape index (κ2) is 6.72. The summed E-state index contributed by atoms with van der Waals surface area (Å²) in [5, 5.41) is 4.63. The summed E-state index contributed by atoms with van der Waals surface area (Å²) in [7, 11) is 0. The van der Waals surface area contributed by atoms with Gasteiger partial charge in [-0.1, -0.05) is 17.8 Å². The van der Waals surface area contributed by atoms with Crippen LogP contribution in [0.4, 0.5) is 8.78 Å². The van der Waals surface area contributed by atoms with Crippen LogP contribution in [0.3, 0.4) is 0 Å². The molecule has 3 nitrogen and oxygen atoms in total. The molecule has 2 aromatic heterocycles. The fraction of sp³-hybridized carbons (Fsp3) is 0.250. The number of hydrogen-bond donors (Lipinski definition) is 1. The van der Waals surface area contributed by atoms with Crippen molar-refractivity contribution in [2.24, 2.45) is 0 Å². The standard InChI is InChI=1S/C12H11F2NO2S2/c13-12(14)19-7-8-3-4-10(17-8)11(16)15-6-9-2-1-5-18-9/h1-5,12H,6-7H2,(H,15,16). The summed E-state index contributed by atoms with van der Waals surface area (Å²) in [6.45, 7) is 0.429. The topological polar surface area (TPSA) is 42.2 Å². The van der Waals surface area contributed by atoms with Gasteiger partial charge in [0.1, 0.15) is 5.76 Å². The SMILES string of the molecule is O=C(NCc1cccs1)c1ccc(CSC(F)F)o1. The summed E-state index contributed by atoms with van der Waals surface area (Å²) in [5.74, 6) is -2.23. The van der Waals surface area contributed by atoms with Crippen LogP contribution in [0.25, 0.3) is 0 Å². The third-order valence-corrected chi connectivity index (χ3v) is 3.82. The first-order chi connectivity index (χ1) is 9.15. The number of rotatable bonds is 6. The molecule has 19 heavy (non-hydrogen) atoms. The molecule has 0 aliphatic carbocycles. The van der Waals surface area contributed by atoms with Gasteiger partial charge in [-0.05, 0) is 23.6 Å². The van der Waals surface area contributed by atoms with Gasteiger partial charge in [-0.2, -0.15) is 8.78 Å². The van der Waals surface area contributed by atoms with E-state index < -0.39 is 5.76 Å². The molecular formula is C12H11F2NO2S2. The lowest BCUT2D eigenvalue weighted by Gasteiger charge is -2.00. The third-order valence-electron chi connectivity index (χ3n) is 2.24. The molecule has 0 atom stereocenters. The molecule has 0 saturated carbocycles. The largest absolute Gasteiger partial charge is 0.455 e. The summed E-state index contributed by atoms with van der Waals surface area (Å²) in [5.41, 5.74) is 0. The number of thiophene rings is 1. The number of nitrogens with one attached hydrogen (secondary N) is 1. The van der Waals surface area contributed by atoms with Gasteiger partial charge in [0.2, 0.25) is 0 Å². The van der Waals surface area contributed by atoms with Crippen LogP contribution in [-0.4, -0.2) is 11.7 Å². The predicted octanol–water partition coefficient (Wildman–Crippen LogP) is 3.73. The number of hydrogen-bond acceptors (Lipinski definition) is 4. The number of carbonyl (C=O) groups is 1. The Balaban J connectivity index is 1.85. The van der Waals surface area contributed by atoms with Crippen molar-refractivity contribution >= 4 is 29.0 Å². The van der Waals surface area contributed by atoms with E-state index in [4.69, 9.17) is 4.42 Å². The Bertz CT molecular complexity index is 526. The molecule has 2 aromatic rings. The Morgan fingerprint density at radius 1 is 1.42 bits per heavy atom. The van der Waals surface area contributed by atoms with Gasteiger partial charge in [0.05, 0.1) is 12.3 Å². The summed E-state index contributed by atoms with van der Waals surface area (Å²) >= 11 is 2.01. The maximum atomic E-state index is 12.0. The van der Waals surface area contributed by atoms with Crippen molar-refractivity contribution in [3.8, 4) is 0 Å². The molecule has 2 rings (SSSR count). The monoisotopic (exact) mass is 303 g/mol. The van der Waals surface area contributed by atoms with E-state index in [1.807, 2.05) is 17.5 Å². The summed E-state index contributed by atoms with van der Waals surface area (Å²) in [4.78, 5) is 12.8. The maximum Gasteiger partial charge on any atom is 0.287 e. The van der Waals surface area contributed by atoms with Crippen molar-refractivity contribution in [1.82, 2.24) is 5.32 Å². The average Bonchev–Trinajstić information content (AvgIpc) is 3.04. The highest BCUT2D eigenvalue weighted by Gasteiger charge is 2.12. The zero-order chi connectivity index (χ0) is 13.7. The van der Waals surface area contributed by atoms with Gasteiger partial charge < -0.3 is 9.73 Å². The molecule has 0 spiro atoms. The van der Waals surface area contributed by atoms with E-state index in [0.29, 0.717) is 24.1 Å². The smallest absolute Gasteiger partial charge is 0.287 e. The number of furan rings is 1. The van der Waals surface area contributed by atoms with Crippen LogP contribution in [0, 0.1) is 0 Å². The molecule has 7 heteroatoms. The Morgan fingerprint density at radius 3 is 2.95 bits per heavy atom. The van der Waals surface area contributed by atoms with Crippen molar-refractivity contribution in [3.05, 3.63) is 46.0 Å². The fourth-order valence-corrected chi connectivity index (χ4v) is 2.48. The second-order valence-corrected chi connectivity index (χ2v) is 5.61. The van der Waals surface area contributed by atoms with Gasteiger partial charge in [-0.3, -0.25) is 4.79 Å². The first kappa shape index (κ1) is 14.1. The van der Waals surface area contributed by atoms with E-state index in [0.717, 1.165) is 4.88 Å². The minimum atomic E-state index is -2.44. The first-order valence-corrected chi connectivity index (χ1v) is 7.37. The van der Waals surface area contributed by atoms with Crippen molar-refractivity contribution < 1.29 is 18.0 Å². The number of amides is 1. The zero-order valence-electron chi connectivity index (χ0n) is 9.77. The van der Waals surface area contributed by atoms with E-state index in [2.05, 4.69) is 5.32 Å². The van der Waals surface area contributed by atoms with E-state index in [1.165, 1.54) is 12.1 Å². The summed E-state index contributed by atoms with van der Waals surface area (Å²) in [6, 6.07) is 6.84. The van der Waals surface area contributed by atoms with Crippen LogP contribution in [0.5, 0.6) is 0 Å². The molecule has 0 unspecified atom stereocenters. The van der Waals surface area contributed by atoms with Crippen molar-refractivity contribution in [2.45, 2.75) is 18.1 Å². The lowest BCUT2D eigenvalue weighted by Crippen LogP contribution is -2.21. The van der Waals surface area contributed by atoms with E-state index >= 15 is 0 Å². The molecule has 0 aliphatic heterocycles. The molecule has 1 N–H and O–H groups in total. The van der Waals surface area contributed by atoms with Crippen molar-refractivity contribution in [3.63, 3.8) is 0 Å². The quantitative estimate of drug-likeness (QED) is 0.884. The van der Waals surface area contributed by atoms with Gasteiger partial charge >= 0.3 is 0 Å². The lowest BCUT2D eigenvalue weighted by molar-refractivity contribution is 0.0922. The molecule has 0 aromatic carbocycles. The van der Waals surface area contributed by atoms with Gasteiger partial charge in [-0.15, -0.1) is 11.3 Å². The number of alkyl halides is 2. The predicted molar refractivity (Wildman–Crippen MR) is 71.5 cm³/mol. The average molecular weight is 303 g/mol. The Morgan fingerprint density at radius 2 is 2.26 bits per heavy atom. The molecule has 102 valence electrons. The number of halogens is 2. The number of carbonyl (C=O) groups excluding carboxylic acids is 1. The van der Waals surface area contributed by atoms with E-state index in [9.17, 15) is 13.6 Å². The van der Waals surface area contributed by atoms with Crippen LogP contribution in [0.2, 0.25) is 0 Å². The molecular weight excluding hydrogens is 292 g/mol. The fourth-order valence-electron chi connectivity index (χ4n) is 1.39. The normalized spacial score (nSPS) is 10.9. The van der Waals surface area contributed by atoms with Crippen molar-refractivity contribution in [1.29, 1.82) is 0 Å². The second-order valence-electron chi connectivity index (χ2n) is 3.60. The molecule has 0 radical (unpaired) electrons. The molecule has 0 bridgehead atoms. The van der Waals surface area contributed by atoms with Gasteiger partial charge in [0, 0.05) is 4.88 Å². The Kier molecular flexibility index (Phi) is 4.98. The van der Waals surface area contributed by atoms with Gasteiger partial charge in [-0.25, -0.2) is 0 Å². The van der Waals surface area contributed by atoms with Gasteiger partial charge in [0.25, 0.3) is 11.7 Å². The van der Waals surface area contributed by atoms with Crippen LogP contribution >= 0.6 is 23.1 Å². The van der Waals surface area contributed by atoms with Crippen LogP contribution < -0.4 is 5.32 Å². The molecule has 0 saturated heterocycles. The lowest BCUT2D eigenvalue weighted by atomic mass is 10.4. The maximum absolute atomic E-state index is 12.0. The van der Waals surface area contributed by atoms with E-state index in [1.54, 1.807) is 11.3 Å². The van der Waals surface area contributed by atoms with Crippen LogP contribution in [-0.2, 0) is 12.3 Å². The number of thioether (sulfide) groups is 1. The molecule has 1 amide bonds.